The van der Waals surface area contributed by atoms with Crippen LogP contribution in [0.2, 0.25) is 5.02 Å². The van der Waals surface area contributed by atoms with Gasteiger partial charge >= 0.3 is 0 Å². The summed E-state index contributed by atoms with van der Waals surface area (Å²) in [7, 11) is 0. The van der Waals surface area contributed by atoms with Crippen molar-refractivity contribution in [3.8, 4) is 0 Å². The summed E-state index contributed by atoms with van der Waals surface area (Å²) in [5.41, 5.74) is 3.34. The first-order chi connectivity index (χ1) is 9.56. The van der Waals surface area contributed by atoms with Gasteiger partial charge < -0.3 is 5.11 Å². The maximum absolute atomic E-state index is 14.0. The van der Waals surface area contributed by atoms with Crippen LogP contribution in [0.15, 0.2) is 30.5 Å². The van der Waals surface area contributed by atoms with Crippen LogP contribution >= 0.6 is 24.0 Å². The Kier molecular flexibility index (Phi) is 4.87. The van der Waals surface area contributed by atoms with Crippen LogP contribution in [-0.2, 0) is 6.42 Å². The molecule has 0 saturated heterocycles. The molecular formula is C16H16Cl2FNO. The van der Waals surface area contributed by atoms with Gasteiger partial charge in [-0.25, -0.2) is 4.39 Å². The van der Waals surface area contributed by atoms with Gasteiger partial charge in [-0.05, 0) is 61.1 Å². The largest absolute Gasteiger partial charge is 0.388 e. The van der Waals surface area contributed by atoms with Crippen molar-refractivity contribution in [2.45, 2.75) is 31.8 Å². The van der Waals surface area contributed by atoms with Crippen LogP contribution in [0.25, 0.3) is 0 Å². The molecule has 2 atom stereocenters. The van der Waals surface area contributed by atoms with Crippen LogP contribution in [0.1, 0.15) is 40.8 Å². The van der Waals surface area contributed by atoms with E-state index in [0.717, 1.165) is 16.8 Å². The second kappa shape index (κ2) is 6.30. The van der Waals surface area contributed by atoms with E-state index in [1.807, 2.05) is 13.0 Å². The molecular weight excluding hydrogens is 312 g/mol. The van der Waals surface area contributed by atoms with Gasteiger partial charge in [-0.2, -0.15) is 0 Å². The highest BCUT2D eigenvalue weighted by molar-refractivity contribution is 6.30. The van der Waals surface area contributed by atoms with E-state index in [1.165, 1.54) is 12.1 Å². The monoisotopic (exact) mass is 327 g/mol. The number of aliphatic hydroxyl groups is 1. The SMILES string of the molecule is Cc1ccnc2c1C(O)CC(c1cc(Cl)ccc1F)C2.Cl. The number of halogens is 3. The number of hydrogen-bond acceptors (Lipinski definition) is 2. The summed E-state index contributed by atoms with van der Waals surface area (Å²) in [6.45, 7) is 1.96. The molecule has 3 rings (SSSR count). The Labute approximate surface area is 134 Å². The van der Waals surface area contributed by atoms with Gasteiger partial charge in [0.1, 0.15) is 5.82 Å². The number of hydrogen-bond donors (Lipinski definition) is 1. The van der Waals surface area contributed by atoms with Crippen molar-refractivity contribution in [3.63, 3.8) is 0 Å². The average Bonchev–Trinajstić information content (AvgIpc) is 2.41. The van der Waals surface area contributed by atoms with Gasteiger partial charge in [0, 0.05) is 22.5 Å². The molecule has 1 aliphatic carbocycles. The van der Waals surface area contributed by atoms with Crippen molar-refractivity contribution in [3.05, 3.63) is 63.7 Å². The lowest BCUT2D eigenvalue weighted by molar-refractivity contribution is 0.145. The maximum Gasteiger partial charge on any atom is 0.126 e. The first kappa shape index (κ1) is 16.2. The summed E-state index contributed by atoms with van der Waals surface area (Å²) >= 11 is 5.95. The minimum Gasteiger partial charge on any atom is -0.388 e. The third kappa shape index (κ3) is 3.05. The van der Waals surface area contributed by atoms with Gasteiger partial charge in [0.05, 0.1) is 6.10 Å². The van der Waals surface area contributed by atoms with Gasteiger partial charge in [0.15, 0.2) is 0 Å². The predicted molar refractivity (Wildman–Crippen MR) is 83.7 cm³/mol. The van der Waals surface area contributed by atoms with Gasteiger partial charge in [-0.3, -0.25) is 4.98 Å². The number of aromatic nitrogens is 1. The van der Waals surface area contributed by atoms with Crippen LogP contribution in [0.4, 0.5) is 4.39 Å². The molecule has 1 aromatic heterocycles. The number of aryl methyl sites for hydroxylation is 1. The molecule has 5 heteroatoms. The standard InChI is InChI=1S/C16H15ClFNO.ClH/c1-9-4-5-19-14-6-10(7-15(20)16(9)14)12-8-11(17)2-3-13(12)18;/h2-5,8,10,15,20H,6-7H2,1H3;1H. The van der Waals surface area contributed by atoms with E-state index in [2.05, 4.69) is 4.98 Å². The molecule has 112 valence electrons. The van der Waals surface area contributed by atoms with E-state index in [1.54, 1.807) is 12.3 Å². The Balaban J connectivity index is 0.00000161. The number of nitrogens with zero attached hydrogens (tertiary/aromatic N) is 1. The van der Waals surface area contributed by atoms with E-state index in [0.29, 0.717) is 23.4 Å². The van der Waals surface area contributed by atoms with Crippen LogP contribution < -0.4 is 0 Å². The number of rotatable bonds is 1. The summed E-state index contributed by atoms with van der Waals surface area (Å²) in [4.78, 5) is 4.34. The molecule has 0 aliphatic heterocycles. The zero-order chi connectivity index (χ0) is 14.3. The first-order valence-corrected chi connectivity index (χ1v) is 7.01. The molecule has 0 spiro atoms. The fraction of sp³-hybridized carbons (Fsp3) is 0.312. The smallest absolute Gasteiger partial charge is 0.126 e. The molecule has 21 heavy (non-hydrogen) atoms. The highest BCUT2D eigenvalue weighted by Gasteiger charge is 2.30. The molecule has 2 nitrogen and oxygen atoms in total. The predicted octanol–water partition coefficient (Wildman–Crippen LogP) is 4.37. The summed E-state index contributed by atoms with van der Waals surface area (Å²) in [5, 5.41) is 10.9. The molecule has 0 bridgehead atoms. The second-order valence-electron chi connectivity index (χ2n) is 5.31. The van der Waals surface area contributed by atoms with Crippen molar-refractivity contribution >= 4 is 24.0 Å². The van der Waals surface area contributed by atoms with E-state index in [4.69, 9.17) is 11.6 Å². The Morgan fingerprint density at radius 1 is 1.33 bits per heavy atom. The summed E-state index contributed by atoms with van der Waals surface area (Å²) < 4.78 is 14.0. The van der Waals surface area contributed by atoms with Crippen molar-refractivity contribution < 1.29 is 9.50 Å². The van der Waals surface area contributed by atoms with Crippen LogP contribution in [0.5, 0.6) is 0 Å². The quantitative estimate of drug-likeness (QED) is 0.843. The fourth-order valence-corrected chi connectivity index (χ4v) is 3.19. The molecule has 0 saturated carbocycles. The van der Waals surface area contributed by atoms with Gasteiger partial charge in [0.2, 0.25) is 0 Å². The lowest BCUT2D eigenvalue weighted by Crippen LogP contribution is -2.20. The topological polar surface area (TPSA) is 33.1 Å². The molecule has 0 amide bonds. The van der Waals surface area contributed by atoms with Gasteiger partial charge in [-0.1, -0.05) is 11.6 Å². The zero-order valence-corrected chi connectivity index (χ0v) is 13.1. The number of benzene rings is 1. The van der Waals surface area contributed by atoms with Crippen molar-refractivity contribution in [2.75, 3.05) is 0 Å². The molecule has 1 heterocycles. The molecule has 2 unspecified atom stereocenters. The van der Waals surface area contributed by atoms with Crippen LogP contribution in [0.3, 0.4) is 0 Å². The molecule has 1 aliphatic rings. The first-order valence-electron chi connectivity index (χ1n) is 6.63. The van der Waals surface area contributed by atoms with Crippen molar-refractivity contribution in [2.24, 2.45) is 0 Å². The van der Waals surface area contributed by atoms with Gasteiger partial charge in [0.25, 0.3) is 0 Å². The van der Waals surface area contributed by atoms with E-state index in [-0.39, 0.29) is 24.1 Å². The maximum atomic E-state index is 14.0. The minimum absolute atomic E-state index is 0. The molecule has 1 N–H and O–H groups in total. The van der Waals surface area contributed by atoms with E-state index < -0.39 is 6.10 Å². The Bertz CT molecular complexity index is 663. The Morgan fingerprint density at radius 3 is 2.86 bits per heavy atom. The Morgan fingerprint density at radius 2 is 2.10 bits per heavy atom. The minimum atomic E-state index is -0.601. The molecule has 2 aromatic rings. The van der Waals surface area contributed by atoms with Crippen LogP contribution in [-0.4, -0.2) is 10.1 Å². The summed E-state index contributed by atoms with van der Waals surface area (Å²) in [6, 6.07) is 6.45. The molecule has 0 radical (unpaired) electrons. The van der Waals surface area contributed by atoms with E-state index in [9.17, 15) is 9.50 Å². The average molecular weight is 328 g/mol. The highest BCUT2D eigenvalue weighted by atomic mass is 35.5. The lowest BCUT2D eigenvalue weighted by atomic mass is 9.79. The molecule has 1 aromatic carbocycles. The van der Waals surface area contributed by atoms with Gasteiger partial charge in [-0.15, -0.1) is 12.4 Å². The third-order valence-corrected chi connectivity index (χ3v) is 4.20. The Hall–Kier alpha value is -1.16. The lowest BCUT2D eigenvalue weighted by Gasteiger charge is -2.29. The highest BCUT2D eigenvalue weighted by Crippen LogP contribution is 2.40. The number of aliphatic hydroxyl groups excluding tert-OH is 1. The third-order valence-electron chi connectivity index (χ3n) is 3.97. The van der Waals surface area contributed by atoms with Crippen LogP contribution in [0, 0.1) is 12.7 Å². The van der Waals surface area contributed by atoms with Crippen molar-refractivity contribution in [1.82, 2.24) is 4.98 Å². The van der Waals surface area contributed by atoms with E-state index >= 15 is 0 Å². The summed E-state index contributed by atoms with van der Waals surface area (Å²) in [6.07, 6.45) is 2.26. The van der Waals surface area contributed by atoms with Crippen molar-refractivity contribution in [1.29, 1.82) is 0 Å². The number of pyridine rings is 1. The normalized spacial score (nSPS) is 20.6. The zero-order valence-electron chi connectivity index (χ0n) is 11.5. The number of fused-ring (bicyclic) bond motifs is 1. The summed E-state index contributed by atoms with van der Waals surface area (Å²) in [5.74, 6) is -0.367. The fourth-order valence-electron chi connectivity index (χ4n) is 3.01. The second-order valence-corrected chi connectivity index (χ2v) is 5.74. The molecule has 0 fully saturated rings.